The predicted octanol–water partition coefficient (Wildman–Crippen LogP) is 1.08. The van der Waals surface area contributed by atoms with E-state index >= 15 is 0 Å². The summed E-state index contributed by atoms with van der Waals surface area (Å²) < 4.78 is 40.2. The number of rotatable bonds is 3. The molecule has 1 heterocycles. The van der Waals surface area contributed by atoms with Crippen molar-refractivity contribution in [2.75, 3.05) is 13.1 Å². The molecule has 1 aliphatic carbocycles. The van der Waals surface area contributed by atoms with Gasteiger partial charge in [-0.2, -0.15) is 0 Å². The Morgan fingerprint density at radius 1 is 1.33 bits per heavy atom. The molecule has 1 aromatic carbocycles. The van der Waals surface area contributed by atoms with Gasteiger partial charge in [0.2, 0.25) is 10.0 Å². The third-order valence-corrected chi connectivity index (χ3v) is 6.00. The van der Waals surface area contributed by atoms with Gasteiger partial charge in [-0.05, 0) is 59.1 Å². The normalized spacial score (nSPS) is 30.2. The van der Waals surface area contributed by atoms with Crippen LogP contribution in [0.5, 0.6) is 0 Å². The largest absolute Gasteiger partial charge is 0.316 e. The molecule has 98 valence electrons. The molecule has 1 saturated carbocycles. The smallest absolute Gasteiger partial charge is 0.241 e. The molecule has 7 heteroatoms. The van der Waals surface area contributed by atoms with Gasteiger partial charge < -0.3 is 5.32 Å². The van der Waals surface area contributed by atoms with Crippen molar-refractivity contribution in [3.8, 4) is 0 Å². The van der Waals surface area contributed by atoms with Gasteiger partial charge in [0.05, 0.1) is 4.90 Å². The van der Waals surface area contributed by atoms with Gasteiger partial charge in [0.1, 0.15) is 5.82 Å². The Morgan fingerprint density at radius 3 is 2.61 bits per heavy atom. The number of hydrogen-bond donors (Lipinski definition) is 2. The average molecular weight is 335 g/mol. The molecular formula is C11H12BrFN2O2S. The first-order valence-electron chi connectivity index (χ1n) is 5.67. The minimum absolute atomic E-state index is 0.0215. The first-order valence-corrected chi connectivity index (χ1v) is 7.95. The van der Waals surface area contributed by atoms with Crippen molar-refractivity contribution in [3.63, 3.8) is 0 Å². The van der Waals surface area contributed by atoms with Crippen molar-refractivity contribution in [1.29, 1.82) is 0 Å². The highest BCUT2D eigenvalue weighted by Crippen LogP contribution is 2.42. The molecule has 18 heavy (non-hydrogen) atoms. The zero-order valence-corrected chi connectivity index (χ0v) is 11.8. The predicted molar refractivity (Wildman–Crippen MR) is 68.1 cm³/mol. The number of halogens is 2. The molecule has 2 atom stereocenters. The van der Waals surface area contributed by atoms with Gasteiger partial charge in [-0.3, -0.25) is 0 Å². The fraction of sp³-hybridized carbons (Fsp3) is 0.455. The molecule has 0 spiro atoms. The molecular weight excluding hydrogens is 323 g/mol. The zero-order valence-electron chi connectivity index (χ0n) is 9.36. The van der Waals surface area contributed by atoms with E-state index in [2.05, 4.69) is 26.0 Å². The highest BCUT2D eigenvalue weighted by atomic mass is 79.9. The molecule has 0 amide bonds. The lowest BCUT2D eigenvalue weighted by Crippen LogP contribution is -2.32. The Bertz CT molecular complexity index is 583. The minimum atomic E-state index is -3.58. The summed E-state index contributed by atoms with van der Waals surface area (Å²) in [5.74, 6) is 0.339. The Balaban J connectivity index is 1.82. The van der Waals surface area contributed by atoms with E-state index < -0.39 is 15.8 Å². The molecule has 2 aliphatic rings. The average Bonchev–Trinajstić information content (AvgIpc) is 2.74. The molecule has 0 radical (unpaired) electrons. The molecule has 4 nitrogen and oxygen atoms in total. The van der Waals surface area contributed by atoms with Crippen LogP contribution in [0.25, 0.3) is 0 Å². The maximum Gasteiger partial charge on any atom is 0.241 e. The van der Waals surface area contributed by atoms with E-state index in [4.69, 9.17) is 0 Å². The second-order valence-electron chi connectivity index (χ2n) is 4.71. The van der Waals surface area contributed by atoms with Crippen molar-refractivity contribution in [3.05, 3.63) is 28.5 Å². The van der Waals surface area contributed by atoms with Gasteiger partial charge in [-0.25, -0.2) is 17.5 Å². The highest BCUT2D eigenvalue weighted by Gasteiger charge is 2.54. The molecule has 0 bridgehead atoms. The van der Waals surface area contributed by atoms with Crippen molar-refractivity contribution < 1.29 is 12.8 Å². The van der Waals surface area contributed by atoms with Gasteiger partial charge in [-0.15, -0.1) is 0 Å². The standard InChI is InChI=1S/C11H12BrFN2O2S/c12-9-3-6(13)1-2-10(9)18(16,17)15-11-7-4-14-5-8(7)11/h1-3,7-8,11,14-15H,4-5H2. The van der Waals surface area contributed by atoms with Crippen LogP contribution in [0.2, 0.25) is 0 Å². The van der Waals surface area contributed by atoms with E-state index in [9.17, 15) is 12.8 Å². The van der Waals surface area contributed by atoms with Gasteiger partial charge in [-0.1, -0.05) is 0 Å². The zero-order chi connectivity index (χ0) is 12.9. The lowest BCUT2D eigenvalue weighted by molar-refractivity contribution is 0.564. The summed E-state index contributed by atoms with van der Waals surface area (Å²) in [6, 6.07) is 3.60. The van der Waals surface area contributed by atoms with Crippen LogP contribution in [-0.2, 0) is 10.0 Å². The van der Waals surface area contributed by atoms with Crippen LogP contribution in [-0.4, -0.2) is 27.5 Å². The van der Waals surface area contributed by atoms with Crippen LogP contribution >= 0.6 is 15.9 Å². The van der Waals surface area contributed by atoms with Gasteiger partial charge in [0, 0.05) is 10.5 Å². The second kappa shape index (κ2) is 4.26. The lowest BCUT2D eigenvalue weighted by atomic mass is 10.3. The van der Waals surface area contributed by atoms with Crippen LogP contribution in [0.4, 0.5) is 4.39 Å². The van der Waals surface area contributed by atoms with E-state index in [-0.39, 0.29) is 15.4 Å². The third kappa shape index (κ3) is 2.09. The summed E-state index contributed by atoms with van der Waals surface area (Å²) in [4.78, 5) is 0.0850. The van der Waals surface area contributed by atoms with Crippen LogP contribution in [0.15, 0.2) is 27.6 Å². The Kier molecular flexibility index (Phi) is 2.97. The van der Waals surface area contributed by atoms with Crippen LogP contribution in [0.3, 0.4) is 0 Å². The molecule has 2 unspecified atom stereocenters. The van der Waals surface area contributed by atoms with Crippen molar-refractivity contribution in [1.82, 2.24) is 10.0 Å². The summed E-state index contributed by atoms with van der Waals surface area (Å²) in [5, 5.41) is 3.20. The number of sulfonamides is 1. The third-order valence-electron chi connectivity index (χ3n) is 3.57. The molecule has 2 fully saturated rings. The molecule has 1 saturated heterocycles. The van der Waals surface area contributed by atoms with Crippen LogP contribution < -0.4 is 10.0 Å². The van der Waals surface area contributed by atoms with Gasteiger partial charge in [0.25, 0.3) is 0 Å². The number of hydrogen-bond acceptors (Lipinski definition) is 3. The SMILES string of the molecule is O=S(=O)(NC1C2CNCC21)c1ccc(F)cc1Br. The monoisotopic (exact) mass is 334 g/mol. The quantitative estimate of drug-likeness (QED) is 0.869. The van der Waals surface area contributed by atoms with E-state index in [0.717, 1.165) is 25.2 Å². The Morgan fingerprint density at radius 2 is 2.00 bits per heavy atom. The molecule has 1 aromatic rings. The van der Waals surface area contributed by atoms with Crippen LogP contribution in [0.1, 0.15) is 0 Å². The second-order valence-corrected chi connectivity index (χ2v) is 7.24. The molecule has 3 rings (SSSR count). The molecule has 0 aromatic heterocycles. The van der Waals surface area contributed by atoms with Crippen LogP contribution in [0, 0.1) is 17.7 Å². The fourth-order valence-corrected chi connectivity index (χ4v) is 4.92. The number of piperidine rings is 1. The lowest BCUT2D eigenvalue weighted by Gasteiger charge is -2.10. The van der Waals surface area contributed by atoms with Crippen molar-refractivity contribution in [2.24, 2.45) is 11.8 Å². The van der Waals surface area contributed by atoms with Gasteiger partial charge in [0.15, 0.2) is 0 Å². The Hall–Kier alpha value is -0.500. The summed E-state index contributed by atoms with van der Waals surface area (Å²) in [5.41, 5.74) is 0. The number of nitrogens with one attached hydrogen (secondary N) is 2. The van der Waals surface area contributed by atoms with E-state index in [0.29, 0.717) is 11.8 Å². The number of fused-ring (bicyclic) bond motifs is 1. The fourth-order valence-electron chi connectivity index (χ4n) is 2.53. The van der Waals surface area contributed by atoms with Gasteiger partial charge >= 0.3 is 0 Å². The topological polar surface area (TPSA) is 58.2 Å². The summed E-state index contributed by atoms with van der Waals surface area (Å²) in [6.07, 6.45) is 0. The van der Waals surface area contributed by atoms with E-state index in [1.165, 1.54) is 6.07 Å². The Labute approximate surface area is 113 Å². The minimum Gasteiger partial charge on any atom is -0.316 e. The van der Waals surface area contributed by atoms with E-state index in [1.807, 2.05) is 0 Å². The highest BCUT2D eigenvalue weighted by molar-refractivity contribution is 9.10. The van der Waals surface area contributed by atoms with Crippen molar-refractivity contribution in [2.45, 2.75) is 10.9 Å². The molecule has 2 N–H and O–H groups in total. The number of benzene rings is 1. The summed E-state index contributed by atoms with van der Waals surface area (Å²) >= 11 is 3.08. The van der Waals surface area contributed by atoms with E-state index in [1.54, 1.807) is 0 Å². The first-order chi connectivity index (χ1) is 8.49. The maximum absolute atomic E-state index is 12.9. The van der Waals surface area contributed by atoms with Crippen molar-refractivity contribution >= 4 is 26.0 Å². The maximum atomic E-state index is 12.9. The summed E-state index contributed by atoms with van der Waals surface area (Å²) in [7, 11) is -3.58. The first kappa shape index (κ1) is 12.5. The molecule has 1 aliphatic heterocycles. The summed E-state index contributed by atoms with van der Waals surface area (Å²) in [6.45, 7) is 1.73.